The molecule has 10 nitrogen and oxygen atoms in total. The smallest absolute Gasteiger partial charge is 0.298 e. The lowest BCUT2D eigenvalue weighted by Crippen LogP contribution is -2.57. The predicted molar refractivity (Wildman–Crippen MR) is 160 cm³/mol. The molecule has 4 aromatic rings. The Morgan fingerprint density at radius 3 is 2.51 bits per heavy atom. The van der Waals surface area contributed by atoms with Crippen LogP contribution in [0.4, 0.5) is 23.0 Å². The van der Waals surface area contributed by atoms with Crippen LogP contribution in [0.15, 0.2) is 67.0 Å². The Balaban J connectivity index is 1.15. The quantitative estimate of drug-likeness (QED) is 0.286. The van der Waals surface area contributed by atoms with Gasteiger partial charge in [-0.05, 0) is 30.7 Å². The average molecular weight is 552 g/mol. The number of hydrogen-bond donors (Lipinski definition) is 1. The van der Waals surface area contributed by atoms with Crippen molar-refractivity contribution in [3.8, 4) is 16.9 Å². The lowest BCUT2D eigenvalue weighted by molar-refractivity contribution is -0.112. The second-order valence-corrected chi connectivity index (χ2v) is 10.7. The molecule has 6 rings (SSSR count). The van der Waals surface area contributed by atoms with Crippen LogP contribution in [0.5, 0.6) is 5.75 Å². The van der Waals surface area contributed by atoms with Crippen molar-refractivity contribution >= 4 is 34.7 Å². The topological polar surface area (TPSA) is 95.8 Å². The van der Waals surface area contributed by atoms with Gasteiger partial charge in [-0.3, -0.25) is 9.59 Å². The zero-order valence-corrected chi connectivity index (χ0v) is 23.7. The van der Waals surface area contributed by atoms with Crippen molar-refractivity contribution < 1.29 is 14.3 Å². The van der Waals surface area contributed by atoms with Gasteiger partial charge in [0.1, 0.15) is 18.1 Å². The highest BCUT2D eigenvalue weighted by molar-refractivity contribution is 6.47. The molecule has 0 saturated carbocycles. The van der Waals surface area contributed by atoms with E-state index in [2.05, 4.69) is 25.1 Å². The number of anilines is 4. The average Bonchev–Trinajstić information content (AvgIpc) is 3.30. The number of rotatable bonds is 6. The van der Waals surface area contributed by atoms with Crippen LogP contribution in [-0.2, 0) is 11.8 Å². The summed E-state index contributed by atoms with van der Waals surface area (Å²) < 4.78 is 7.90. The first-order chi connectivity index (χ1) is 19.8. The number of carbonyl (C=O) groups excluding carboxylic acids is 2. The third kappa shape index (κ3) is 4.97. The molecular weight excluding hydrogens is 518 g/mol. The number of nitrogens with one attached hydrogen (secondary N) is 1. The molecule has 1 saturated heterocycles. The van der Waals surface area contributed by atoms with Gasteiger partial charge in [0, 0.05) is 63.8 Å². The molecular formula is C31H33N7O3. The first-order valence-corrected chi connectivity index (χ1v) is 13.7. The van der Waals surface area contributed by atoms with E-state index in [1.165, 1.54) is 0 Å². The molecule has 0 bridgehead atoms. The number of carbonyl (C=O) groups is 2. The maximum absolute atomic E-state index is 13.4. The summed E-state index contributed by atoms with van der Waals surface area (Å²) in [6.07, 6.45) is 3.67. The third-order valence-electron chi connectivity index (χ3n) is 7.84. The highest BCUT2D eigenvalue weighted by Crippen LogP contribution is 2.38. The fourth-order valence-corrected chi connectivity index (χ4v) is 5.48. The van der Waals surface area contributed by atoms with Crippen molar-refractivity contribution in [3.05, 3.63) is 78.4 Å². The summed E-state index contributed by atoms with van der Waals surface area (Å²) >= 11 is 0. The predicted octanol–water partition coefficient (Wildman–Crippen LogP) is 3.77. The second-order valence-electron chi connectivity index (χ2n) is 10.7. The first-order valence-electron chi connectivity index (χ1n) is 13.7. The van der Waals surface area contributed by atoms with E-state index in [1.54, 1.807) is 17.7 Å². The van der Waals surface area contributed by atoms with Crippen LogP contribution in [-0.4, -0.2) is 72.6 Å². The summed E-state index contributed by atoms with van der Waals surface area (Å²) in [6, 6.07) is 17.3. The Hall–Kier alpha value is -4.86. The van der Waals surface area contributed by atoms with E-state index in [9.17, 15) is 9.59 Å². The van der Waals surface area contributed by atoms with Gasteiger partial charge in [-0.15, -0.1) is 0 Å². The van der Waals surface area contributed by atoms with Gasteiger partial charge in [-0.25, -0.2) is 9.97 Å². The Morgan fingerprint density at radius 1 is 1.02 bits per heavy atom. The van der Waals surface area contributed by atoms with Gasteiger partial charge < -0.3 is 29.3 Å². The van der Waals surface area contributed by atoms with Crippen molar-refractivity contribution in [1.29, 1.82) is 0 Å². The zero-order valence-electron chi connectivity index (χ0n) is 23.7. The molecule has 1 amide bonds. The zero-order chi connectivity index (χ0) is 28.7. The molecule has 2 aromatic heterocycles. The number of amides is 1. The standard InChI is InChI=1S/C31H33N7O3/c1-20-14-25(21-8-6-5-7-9-21)28(36(20)4)29(39)30(40)34-22-10-11-26-27(15-22)41-19-24-18-37(12-13-38(24)26)31-32-16-23(17-33-31)35(2)3/h5-11,14-17,24H,12-13,18-19H2,1-4H3,(H,34,40). The van der Waals surface area contributed by atoms with Crippen LogP contribution in [0.25, 0.3) is 11.1 Å². The summed E-state index contributed by atoms with van der Waals surface area (Å²) in [6.45, 7) is 4.73. The molecule has 2 aliphatic rings. The van der Waals surface area contributed by atoms with Gasteiger partial charge in [0.2, 0.25) is 5.95 Å². The van der Waals surface area contributed by atoms with Gasteiger partial charge in [0.25, 0.3) is 11.7 Å². The normalized spacial score (nSPS) is 16.0. The number of nitrogens with zero attached hydrogens (tertiary/aromatic N) is 6. The van der Waals surface area contributed by atoms with E-state index < -0.39 is 11.7 Å². The molecule has 2 aliphatic heterocycles. The van der Waals surface area contributed by atoms with E-state index >= 15 is 0 Å². The lowest BCUT2D eigenvalue weighted by Gasteiger charge is -2.45. The Morgan fingerprint density at radius 2 is 1.78 bits per heavy atom. The number of aromatic nitrogens is 3. The number of Topliss-reactive ketones (excluding diaryl/α,β-unsaturated/α-hetero) is 1. The molecule has 1 atom stereocenters. The molecule has 41 heavy (non-hydrogen) atoms. The first kappa shape index (κ1) is 26.4. The van der Waals surface area contributed by atoms with Crippen LogP contribution >= 0.6 is 0 Å². The largest absolute Gasteiger partial charge is 0.489 e. The number of hydrogen-bond acceptors (Lipinski definition) is 8. The van der Waals surface area contributed by atoms with Crippen LogP contribution in [0.2, 0.25) is 0 Å². The monoisotopic (exact) mass is 551 g/mol. The second kappa shape index (κ2) is 10.6. The summed E-state index contributed by atoms with van der Waals surface area (Å²) in [5.74, 6) is 0.125. The minimum atomic E-state index is -0.689. The summed E-state index contributed by atoms with van der Waals surface area (Å²) in [7, 11) is 5.74. The van der Waals surface area contributed by atoms with Crippen molar-refractivity contribution in [2.45, 2.75) is 13.0 Å². The van der Waals surface area contributed by atoms with Crippen LogP contribution in [0, 0.1) is 6.92 Å². The van der Waals surface area contributed by atoms with Crippen molar-refractivity contribution in [2.75, 3.05) is 60.4 Å². The molecule has 1 unspecified atom stereocenters. The van der Waals surface area contributed by atoms with Crippen LogP contribution in [0.1, 0.15) is 16.2 Å². The number of piperazine rings is 1. The molecule has 4 heterocycles. The van der Waals surface area contributed by atoms with Gasteiger partial charge in [0.05, 0.1) is 29.8 Å². The summed E-state index contributed by atoms with van der Waals surface area (Å²) in [5, 5.41) is 2.79. The van der Waals surface area contributed by atoms with E-state index in [-0.39, 0.29) is 6.04 Å². The molecule has 10 heteroatoms. The summed E-state index contributed by atoms with van der Waals surface area (Å²) in [4.78, 5) is 42.1. The molecule has 0 radical (unpaired) electrons. The van der Waals surface area contributed by atoms with Gasteiger partial charge in [-0.1, -0.05) is 30.3 Å². The molecule has 2 aromatic carbocycles. The molecule has 210 valence electrons. The highest BCUT2D eigenvalue weighted by atomic mass is 16.5. The van der Waals surface area contributed by atoms with Gasteiger partial charge >= 0.3 is 0 Å². The highest BCUT2D eigenvalue weighted by Gasteiger charge is 2.34. The molecule has 1 fully saturated rings. The van der Waals surface area contributed by atoms with Crippen molar-refractivity contribution in [2.24, 2.45) is 7.05 Å². The summed E-state index contributed by atoms with van der Waals surface area (Å²) in [5.41, 5.74) is 5.34. The van der Waals surface area contributed by atoms with Crippen LogP contribution in [0.3, 0.4) is 0 Å². The maximum Gasteiger partial charge on any atom is 0.298 e. The maximum atomic E-state index is 13.4. The van der Waals surface area contributed by atoms with E-state index in [1.807, 2.05) is 86.8 Å². The minimum absolute atomic E-state index is 0.146. The Kier molecular flexibility index (Phi) is 6.82. The van der Waals surface area contributed by atoms with E-state index in [0.717, 1.165) is 47.8 Å². The number of fused-ring (bicyclic) bond motifs is 3. The number of aryl methyl sites for hydroxylation is 1. The third-order valence-corrected chi connectivity index (χ3v) is 7.84. The Labute approximate surface area is 239 Å². The molecule has 0 spiro atoms. The molecule has 0 aliphatic carbocycles. The number of ether oxygens (including phenoxy) is 1. The van der Waals surface area contributed by atoms with Gasteiger partial charge in [-0.2, -0.15) is 0 Å². The van der Waals surface area contributed by atoms with Crippen LogP contribution < -0.4 is 24.8 Å². The van der Waals surface area contributed by atoms with Gasteiger partial charge in [0.15, 0.2) is 0 Å². The fourth-order valence-electron chi connectivity index (χ4n) is 5.48. The SMILES string of the molecule is Cc1cc(-c2ccccc2)c(C(=O)C(=O)Nc2ccc3c(c2)OCC2CN(c4ncc(N(C)C)cn4)CCN32)n1C. The van der Waals surface area contributed by atoms with Crippen molar-refractivity contribution in [3.63, 3.8) is 0 Å². The number of benzene rings is 2. The van der Waals surface area contributed by atoms with E-state index in [4.69, 9.17) is 4.74 Å². The van der Waals surface area contributed by atoms with Crippen molar-refractivity contribution in [1.82, 2.24) is 14.5 Å². The number of ketones is 1. The lowest BCUT2D eigenvalue weighted by atomic mass is 10.0. The van der Waals surface area contributed by atoms with E-state index in [0.29, 0.717) is 29.7 Å². The Bertz CT molecular complexity index is 1600. The minimum Gasteiger partial charge on any atom is -0.489 e. The fraction of sp³-hybridized carbons (Fsp3) is 0.290. The molecule has 1 N–H and O–H groups in total.